The molecule has 0 aromatic carbocycles. The highest BCUT2D eigenvalue weighted by Gasteiger charge is 2.12. The van der Waals surface area contributed by atoms with Crippen LogP contribution in [0.1, 0.15) is 20.8 Å². The molecular formula is C10H21NO3. The fraction of sp³-hybridized carbons (Fsp3) is 0.900. The molecule has 0 amide bonds. The lowest BCUT2D eigenvalue weighted by atomic mass is 10.2. The van der Waals surface area contributed by atoms with Crippen molar-refractivity contribution in [2.75, 3.05) is 26.8 Å². The van der Waals surface area contributed by atoms with Gasteiger partial charge in [-0.05, 0) is 13.8 Å². The Balaban J connectivity index is 3.48. The third kappa shape index (κ3) is 5.94. The van der Waals surface area contributed by atoms with Crippen LogP contribution in [0.5, 0.6) is 0 Å². The Morgan fingerprint density at radius 1 is 1.36 bits per heavy atom. The van der Waals surface area contributed by atoms with Crippen LogP contribution in [-0.4, -0.2) is 38.9 Å². The van der Waals surface area contributed by atoms with Gasteiger partial charge in [0.15, 0.2) is 0 Å². The maximum Gasteiger partial charge on any atom is 0.309 e. The number of hydrogen-bond acceptors (Lipinski definition) is 4. The first-order valence-corrected chi connectivity index (χ1v) is 5.01. The number of ether oxygens (including phenoxy) is 2. The normalized spacial score (nSPS) is 14.9. The quantitative estimate of drug-likeness (QED) is 0.622. The molecule has 1 N–H and O–H groups in total. The van der Waals surface area contributed by atoms with Crippen LogP contribution in [0.25, 0.3) is 0 Å². The molecule has 0 bridgehead atoms. The lowest BCUT2D eigenvalue weighted by molar-refractivity contribution is -0.144. The Hall–Kier alpha value is -0.610. The molecule has 0 aliphatic heterocycles. The molecular weight excluding hydrogens is 182 g/mol. The van der Waals surface area contributed by atoms with Gasteiger partial charge in [-0.15, -0.1) is 0 Å². The summed E-state index contributed by atoms with van der Waals surface area (Å²) in [7, 11) is 1.40. The number of carbonyl (C=O) groups is 1. The average molecular weight is 203 g/mol. The molecule has 0 aromatic rings. The van der Waals surface area contributed by atoms with Gasteiger partial charge in [-0.2, -0.15) is 0 Å². The fourth-order valence-corrected chi connectivity index (χ4v) is 1.13. The van der Waals surface area contributed by atoms with Gasteiger partial charge >= 0.3 is 5.97 Å². The van der Waals surface area contributed by atoms with E-state index in [9.17, 15) is 4.79 Å². The van der Waals surface area contributed by atoms with E-state index in [1.54, 1.807) is 0 Å². The van der Waals surface area contributed by atoms with Gasteiger partial charge < -0.3 is 14.8 Å². The summed E-state index contributed by atoms with van der Waals surface area (Å²) in [6.07, 6.45) is 0.185. The minimum atomic E-state index is -0.179. The Kier molecular flexibility index (Phi) is 7.42. The van der Waals surface area contributed by atoms with Crippen LogP contribution in [0.2, 0.25) is 0 Å². The first kappa shape index (κ1) is 13.4. The van der Waals surface area contributed by atoms with Crippen molar-refractivity contribution >= 4 is 5.97 Å². The van der Waals surface area contributed by atoms with E-state index in [0.717, 1.165) is 13.2 Å². The molecule has 0 saturated heterocycles. The highest BCUT2D eigenvalue weighted by Crippen LogP contribution is 1.95. The summed E-state index contributed by atoms with van der Waals surface area (Å²) in [5.41, 5.74) is 0. The summed E-state index contributed by atoms with van der Waals surface area (Å²) in [5.74, 6) is -0.282. The topological polar surface area (TPSA) is 47.6 Å². The van der Waals surface area contributed by atoms with Crippen LogP contribution >= 0.6 is 0 Å². The number of hydrogen-bond donors (Lipinski definition) is 1. The molecule has 4 heteroatoms. The van der Waals surface area contributed by atoms with Crippen molar-refractivity contribution in [2.45, 2.75) is 26.9 Å². The summed E-state index contributed by atoms with van der Waals surface area (Å²) >= 11 is 0. The van der Waals surface area contributed by atoms with Crippen molar-refractivity contribution in [3.8, 4) is 0 Å². The second-order valence-electron chi connectivity index (χ2n) is 3.35. The highest BCUT2D eigenvalue weighted by molar-refractivity contribution is 5.71. The third-order valence-corrected chi connectivity index (χ3v) is 1.94. The van der Waals surface area contributed by atoms with E-state index in [1.807, 2.05) is 20.8 Å². The third-order valence-electron chi connectivity index (χ3n) is 1.94. The smallest absolute Gasteiger partial charge is 0.309 e. The molecule has 4 nitrogen and oxygen atoms in total. The van der Waals surface area contributed by atoms with Crippen molar-refractivity contribution < 1.29 is 14.3 Å². The molecule has 14 heavy (non-hydrogen) atoms. The van der Waals surface area contributed by atoms with Gasteiger partial charge in [0.2, 0.25) is 0 Å². The fourth-order valence-electron chi connectivity index (χ4n) is 1.13. The molecule has 0 aromatic heterocycles. The van der Waals surface area contributed by atoms with Gasteiger partial charge in [0.1, 0.15) is 0 Å². The number of rotatable bonds is 7. The maximum atomic E-state index is 11.0. The lowest BCUT2D eigenvalue weighted by Crippen LogP contribution is -2.33. The largest absolute Gasteiger partial charge is 0.469 e. The van der Waals surface area contributed by atoms with Crippen LogP contribution in [0.4, 0.5) is 0 Å². The molecule has 0 aliphatic rings. The highest BCUT2D eigenvalue weighted by atomic mass is 16.5. The van der Waals surface area contributed by atoms with E-state index < -0.39 is 0 Å². The number of esters is 1. The molecule has 0 fully saturated rings. The van der Waals surface area contributed by atoms with Gasteiger partial charge in [0.25, 0.3) is 0 Å². The van der Waals surface area contributed by atoms with E-state index in [1.165, 1.54) is 7.11 Å². The van der Waals surface area contributed by atoms with E-state index in [2.05, 4.69) is 10.1 Å². The minimum absolute atomic E-state index is 0.103. The molecule has 0 spiro atoms. The van der Waals surface area contributed by atoms with Gasteiger partial charge in [-0.3, -0.25) is 4.79 Å². The summed E-state index contributed by atoms with van der Waals surface area (Å²) in [6.45, 7) is 7.91. The Morgan fingerprint density at radius 2 is 2.00 bits per heavy atom. The van der Waals surface area contributed by atoms with Gasteiger partial charge in [-0.1, -0.05) is 6.92 Å². The zero-order valence-corrected chi connectivity index (χ0v) is 9.50. The van der Waals surface area contributed by atoms with Crippen LogP contribution in [0, 0.1) is 5.92 Å². The maximum absolute atomic E-state index is 11.0. The monoisotopic (exact) mass is 203 g/mol. The molecule has 2 atom stereocenters. The molecule has 0 aliphatic carbocycles. The van der Waals surface area contributed by atoms with E-state index in [0.29, 0.717) is 6.54 Å². The number of methoxy groups -OCH3 is 1. The van der Waals surface area contributed by atoms with Gasteiger partial charge in [0, 0.05) is 19.7 Å². The predicted octanol–water partition coefficient (Wildman–Crippen LogP) is 0.810. The minimum Gasteiger partial charge on any atom is -0.469 e. The van der Waals surface area contributed by atoms with Crippen molar-refractivity contribution in [1.29, 1.82) is 0 Å². The Morgan fingerprint density at radius 3 is 2.50 bits per heavy atom. The van der Waals surface area contributed by atoms with Crippen LogP contribution in [0.15, 0.2) is 0 Å². The van der Waals surface area contributed by atoms with Crippen LogP contribution in [-0.2, 0) is 14.3 Å². The van der Waals surface area contributed by atoms with E-state index in [-0.39, 0.29) is 18.0 Å². The lowest BCUT2D eigenvalue weighted by Gasteiger charge is -2.14. The molecule has 0 heterocycles. The van der Waals surface area contributed by atoms with Crippen molar-refractivity contribution in [3.05, 3.63) is 0 Å². The average Bonchev–Trinajstić information content (AvgIpc) is 2.16. The molecule has 0 rings (SSSR count). The summed E-state index contributed by atoms with van der Waals surface area (Å²) < 4.78 is 9.94. The molecule has 0 saturated carbocycles. The van der Waals surface area contributed by atoms with Crippen molar-refractivity contribution in [1.82, 2.24) is 5.32 Å². The summed E-state index contributed by atoms with van der Waals surface area (Å²) in [4.78, 5) is 11.0. The van der Waals surface area contributed by atoms with Gasteiger partial charge in [0.05, 0.1) is 19.1 Å². The van der Waals surface area contributed by atoms with Crippen molar-refractivity contribution in [2.24, 2.45) is 5.92 Å². The SMILES string of the molecule is CCOC(C)CNCC(C)C(=O)OC. The number of nitrogens with one attached hydrogen (secondary N) is 1. The first-order chi connectivity index (χ1) is 6.61. The van der Waals surface area contributed by atoms with Gasteiger partial charge in [-0.25, -0.2) is 0 Å². The Bertz CT molecular complexity index is 161. The second kappa shape index (κ2) is 7.76. The summed E-state index contributed by atoms with van der Waals surface area (Å²) in [5, 5.41) is 3.16. The standard InChI is InChI=1S/C10H21NO3/c1-5-14-9(3)7-11-6-8(2)10(12)13-4/h8-9,11H,5-7H2,1-4H3. The van der Waals surface area contributed by atoms with E-state index in [4.69, 9.17) is 4.74 Å². The van der Waals surface area contributed by atoms with Crippen LogP contribution < -0.4 is 5.32 Å². The number of carbonyl (C=O) groups excluding carboxylic acids is 1. The predicted molar refractivity (Wildman–Crippen MR) is 55.1 cm³/mol. The van der Waals surface area contributed by atoms with Crippen molar-refractivity contribution in [3.63, 3.8) is 0 Å². The first-order valence-electron chi connectivity index (χ1n) is 5.01. The van der Waals surface area contributed by atoms with Crippen LogP contribution in [0.3, 0.4) is 0 Å². The summed E-state index contributed by atoms with van der Waals surface area (Å²) in [6, 6.07) is 0. The van der Waals surface area contributed by atoms with E-state index >= 15 is 0 Å². The molecule has 0 radical (unpaired) electrons. The second-order valence-corrected chi connectivity index (χ2v) is 3.35. The zero-order valence-electron chi connectivity index (χ0n) is 9.50. The molecule has 2 unspecified atom stereocenters. The zero-order chi connectivity index (χ0) is 11.0. The molecule has 84 valence electrons. The Labute approximate surface area is 86.0 Å².